The van der Waals surface area contributed by atoms with E-state index in [1.54, 1.807) is 12.1 Å². The summed E-state index contributed by atoms with van der Waals surface area (Å²) in [5.41, 5.74) is -0.384. The zero-order valence-corrected chi connectivity index (χ0v) is 12.7. The van der Waals surface area contributed by atoms with E-state index in [-0.39, 0.29) is 21.3 Å². The van der Waals surface area contributed by atoms with Crippen LogP contribution < -0.4 is 10.1 Å². The van der Waals surface area contributed by atoms with E-state index in [1.165, 1.54) is 0 Å². The van der Waals surface area contributed by atoms with Crippen LogP contribution in [0.1, 0.15) is 20.8 Å². The molecule has 0 unspecified atom stereocenters. The van der Waals surface area contributed by atoms with E-state index in [9.17, 15) is 4.79 Å². The molecule has 3 nitrogen and oxygen atoms in total. The van der Waals surface area contributed by atoms with Gasteiger partial charge in [0.1, 0.15) is 0 Å². The van der Waals surface area contributed by atoms with Crippen LogP contribution in [0.15, 0.2) is 16.6 Å². The Hall–Kier alpha value is -0.450. The molecule has 6 heteroatoms. The minimum absolute atomic E-state index is 0.151. The van der Waals surface area contributed by atoms with E-state index in [0.29, 0.717) is 0 Å². The third-order valence-electron chi connectivity index (χ3n) is 1.63. The van der Waals surface area contributed by atoms with Crippen molar-refractivity contribution >= 4 is 45.2 Å². The van der Waals surface area contributed by atoms with E-state index in [4.69, 9.17) is 27.9 Å². The number of ether oxygens (including phenoxy) is 1. The molecule has 1 aromatic rings. The van der Waals surface area contributed by atoms with Crippen LogP contribution in [0.5, 0.6) is 5.75 Å². The van der Waals surface area contributed by atoms with Crippen molar-refractivity contribution in [1.29, 1.82) is 0 Å². The van der Waals surface area contributed by atoms with Crippen molar-refractivity contribution < 1.29 is 9.53 Å². The molecule has 17 heavy (non-hydrogen) atoms. The summed E-state index contributed by atoms with van der Waals surface area (Å²) in [6, 6.07) is 3.21. The fourth-order valence-electron chi connectivity index (χ4n) is 1.05. The Balaban J connectivity index is 2.86. The molecule has 0 radical (unpaired) electrons. The van der Waals surface area contributed by atoms with Crippen LogP contribution in [0.3, 0.4) is 0 Å². The predicted molar refractivity (Wildman–Crippen MR) is 73.1 cm³/mol. The Bertz CT molecular complexity index is 421. The van der Waals surface area contributed by atoms with Gasteiger partial charge in [-0.05, 0) is 32.9 Å². The van der Waals surface area contributed by atoms with Crippen LogP contribution in [0, 0.1) is 0 Å². The fraction of sp³-hybridized carbons (Fsp3) is 0.364. The zero-order chi connectivity index (χ0) is 13.2. The van der Waals surface area contributed by atoms with Crippen molar-refractivity contribution in [2.45, 2.75) is 26.3 Å². The summed E-state index contributed by atoms with van der Waals surface area (Å²) < 4.78 is 5.79. The highest BCUT2D eigenvalue weighted by atomic mass is 79.9. The smallest absolute Gasteiger partial charge is 0.407 e. The summed E-state index contributed by atoms with van der Waals surface area (Å²) in [7, 11) is 0. The van der Waals surface area contributed by atoms with Crippen LogP contribution in [-0.2, 0) is 0 Å². The molecule has 0 aliphatic rings. The van der Waals surface area contributed by atoms with Crippen molar-refractivity contribution in [3.8, 4) is 5.75 Å². The predicted octanol–water partition coefficient (Wildman–Crippen LogP) is 4.64. The molecule has 0 aliphatic carbocycles. The first-order chi connectivity index (χ1) is 7.69. The number of halogens is 3. The highest BCUT2D eigenvalue weighted by Crippen LogP contribution is 2.35. The number of hydrogen-bond donors (Lipinski definition) is 1. The summed E-state index contributed by atoms with van der Waals surface area (Å²) in [6.45, 7) is 5.54. The topological polar surface area (TPSA) is 38.3 Å². The lowest BCUT2D eigenvalue weighted by molar-refractivity contribution is 0.190. The summed E-state index contributed by atoms with van der Waals surface area (Å²) in [5, 5.41) is 3.19. The van der Waals surface area contributed by atoms with Gasteiger partial charge in [-0.25, -0.2) is 4.79 Å². The molecular formula is C11H12BrCl2NO2. The van der Waals surface area contributed by atoms with Gasteiger partial charge in [0.15, 0.2) is 5.75 Å². The number of amides is 1. The van der Waals surface area contributed by atoms with Gasteiger partial charge >= 0.3 is 6.09 Å². The van der Waals surface area contributed by atoms with Crippen molar-refractivity contribution in [3.63, 3.8) is 0 Å². The van der Waals surface area contributed by atoms with Gasteiger partial charge in [0.2, 0.25) is 0 Å². The maximum atomic E-state index is 11.6. The monoisotopic (exact) mass is 339 g/mol. The maximum Gasteiger partial charge on any atom is 0.413 e. The second-order valence-electron chi connectivity index (χ2n) is 4.46. The summed E-state index contributed by atoms with van der Waals surface area (Å²) in [4.78, 5) is 11.6. The van der Waals surface area contributed by atoms with Gasteiger partial charge in [0.25, 0.3) is 0 Å². The third kappa shape index (κ3) is 4.74. The Morgan fingerprint density at radius 2 is 1.76 bits per heavy atom. The molecule has 0 aliphatic heterocycles. The minimum Gasteiger partial charge on any atom is -0.407 e. The van der Waals surface area contributed by atoms with Crippen molar-refractivity contribution in [1.82, 2.24) is 5.32 Å². The lowest BCUT2D eigenvalue weighted by Gasteiger charge is -2.20. The second kappa shape index (κ2) is 5.46. The van der Waals surface area contributed by atoms with Crippen LogP contribution in [0.4, 0.5) is 4.79 Å². The van der Waals surface area contributed by atoms with Crippen LogP contribution in [0.2, 0.25) is 10.0 Å². The van der Waals surface area contributed by atoms with Crippen LogP contribution in [0.25, 0.3) is 0 Å². The average molecular weight is 341 g/mol. The number of benzene rings is 1. The highest BCUT2D eigenvalue weighted by Gasteiger charge is 2.18. The number of hydrogen-bond acceptors (Lipinski definition) is 2. The summed E-state index contributed by atoms with van der Waals surface area (Å²) in [6.07, 6.45) is -0.594. The molecule has 0 aromatic heterocycles. The standard InChI is InChI=1S/C11H12BrCl2NO2/c1-11(2,3)15-10(16)17-9-7(13)4-6(12)5-8(9)14/h4-5H,1-3H3,(H,15,16). The third-order valence-corrected chi connectivity index (χ3v) is 2.65. The van der Waals surface area contributed by atoms with Crippen molar-refractivity contribution in [3.05, 3.63) is 26.7 Å². The Kier molecular flexibility index (Phi) is 4.69. The van der Waals surface area contributed by atoms with Gasteiger partial charge in [0.05, 0.1) is 10.0 Å². The Labute approximate surface area is 119 Å². The first-order valence-electron chi connectivity index (χ1n) is 4.83. The molecule has 1 amide bonds. The zero-order valence-electron chi connectivity index (χ0n) is 9.61. The normalized spacial score (nSPS) is 11.2. The van der Waals surface area contributed by atoms with Crippen molar-refractivity contribution in [2.24, 2.45) is 0 Å². The quantitative estimate of drug-likeness (QED) is 0.808. The molecule has 0 heterocycles. The van der Waals surface area contributed by atoms with E-state index in [0.717, 1.165) is 4.47 Å². The molecular weight excluding hydrogens is 329 g/mol. The average Bonchev–Trinajstić information content (AvgIpc) is 2.08. The molecule has 1 N–H and O–H groups in total. The molecule has 0 bridgehead atoms. The number of carbonyl (C=O) groups excluding carboxylic acids is 1. The minimum atomic E-state index is -0.594. The van der Waals surface area contributed by atoms with E-state index in [1.807, 2.05) is 20.8 Å². The van der Waals surface area contributed by atoms with Gasteiger partial charge in [0, 0.05) is 10.0 Å². The SMILES string of the molecule is CC(C)(C)NC(=O)Oc1c(Cl)cc(Br)cc1Cl. The molecule has 0 fully saturated rings. The van der Waals surface area contributed by atoms with E-state index in [2.05, 4.69) is 21.2 Å². The Morgan fingerprint density at radius 3 is 2.18 bits per heavy atom. The lowest BCUT2D eigenvalue weighted by atomic mass is 10.1. The van der Waals surface area contributed by atoms with E-state index >= 15 is 0 Å². The van der Waals surface area contributed by atoms with Gasteiger partial charge < -0.3 is 10.1 Å². The molecule has 0 atom stereocenters. The van der Waals surface area contributed by atoms with Crippen LogP contribution in [-0.4, -0.2) is 11.6 Å². The molecule has 1 aromatic carbocycles. The maximum absolute atomic E-state index is 11.6. The second-order valence-corrected chi connectivity index (χ2v) is 6.19. The van der Waals surface area contributed by atoms with E-state index < -0.39 is 6.09 Å². The molecule has 0 saturated carbocycles. The molecule has 0 spiro atoms. The molecule has 94 valence electrons. The number of nitrogens with one attached hydrogen (secondary N) is 1. The summed E-state index contributed by atoms with van der Waals surface area (Å²) >= 11 is 15.1. The van der Waals surface area contributed by atoms with Gasteiger partial charge in [-0.2, -0.15) is 0 Å². The summed E-state index contributed by atoms with van der Waals surface area (Å²) in [5.74, 6) is 0.151. The van der Waals surface area contributed by atoms with Crippen molar-refractivity contribution in [2.75, 3.05) is 0 Å². The number of rotatable bonds is 1. The van der Waals surface area contributed by atoms with Gasteiger partial charge in [-0.15, -0.1) is 0 Å². The molecule has 1 rings (SSSR count). The Morgan fingerprint density at radius 1 is 1.29 bits per heavy atom. The van der Waals surface area contributed by atoms with Crippen LogP contribution >= 0.6 is 39.1 Å². The lowest BCUT2D eigenvalue weighted by Crippen LogP contribution is -2.42. The molecule has 0 saturated heterocycles. The largest absolute Gasteiger partial charge is 0.413 e. The highest BCUT2D eigenvalue weighted by molar-refractivity contribution is 9.10. The number of carbonyl (C=O) groups is 1. The fourth-order valence-corrected chi connectivity index (χ4v) is 2.34. The van der Waals surface area contributed by atoms with Gasteiger partial charge in [-0.3, -0.25) is 0 Å². The first kappa shape index (κ1) is 14.6. The van der Waals surface area contributed by atoms with Gasteiger partial charge in [-0.1, -0.05) is 39.1 Å². The first-order valence-corrected chi connectivity index (χ1v) is 6.38.